The molecule has 3 aliphatic rings. The molecule has 2 spiro atoms. The number of carbonyl (C=O) groups is 1. The normalized spacial score (nSPS) is 23.1. The molecule has 0 bridgehead atoms. The Morgan fingerprint density at radius 3 is 2.78 bits per heavy atom. The van der Waals surface area contributed by atoms with Crippen molar-refractivity contribution in [3.63, 3.8) is 0 Å². The second-order valence-corrected chi connectivity index (χ2v) is 9.17. The van der Waals surface area contributed by atoms with Gasteiger partial charge in [-0.2, -0.15) is 5.10 Å². The monoisotopic (exact) mass is 433 g/mol. The summed E-state index contributed by atoms with van der Waals surface area (Å²) < 4.78 is 15.9. The predicted octanol–water partition coefficient (Wildman–Crippen LogP) is 2.94. The van der Waals surface area contributed by atoms with Gasteiger partial charge in [-0.05, 0) is 43.2 Å². The summed E-state index contributed by atoms with van der Waals surface area (Å²) in [5.41, 5.74) is 3.36. The lowest BCUT2D eigenvalue weighted by Gasteiger charge is -2.41. The van der Waals surface area contributed by atoms with Crippen molar-refractivity contribution in [3.05, 3.63) is 60.2 Å². The molecule has 2 aromatic heterocycles. The first kappa shape index (κ1) is 19.4. The van der Waals surface area contributed by atoms with Crippen molar-refractivity contribution in [1.82, 2.24) is 19.2 Å². The molecule has 1 aromatic carbocycles. The smallest absolute Gasteiger partial charge is 0.274 e. The fourth-order valence-electron chi connectivity index (χ4n) is 5.56. The van der Waals surface area contributed by atoms with Gasteiger partial charge in [0.25, 0.3) is 5.91 Å². The van der Waals surface area contributed by atoms with E-state index in [0.29, 0.717) is 25.4 Å². The Kier molecular flexibility index (Phi) is 4.17. The van der Waals surface area contributed by atoms with Crippen LogP contribution in [-0.4, -0.2) is 57.6 Å². The highest BCUT2D eigenvalue weighted by Gasteiger charge is 2.54. The van der Waals surface area contributed by atoms with E-state index in [1.807, 2.05) is 18.0 Å². The highest BCUT2D eigenvalue weighted by Crippen LogP contribution is 2.50. The minimum atomic E-state index is -0.296. The van der Waals surface area contributed by atoms with Crippen LogP contribution in [0.3, 0.4) is 0 Å². The zero-order chi connectivity index (χ0) is 21.9. The largest absolute Gasteiger partial charge is 0.497 e. The van der Waals surface area contributed by atoms with Crippen LogP contribution in [0.1, 0.15) is 35.4 Å². The number of benzene rings is 1. The summed E-state index contributed by atoms with van der Waals surface area (Å²) in [6.45, 7) is 1.95. The lowest BCUT2D eigenvalue weighted by atomic mass is 9.79. The number of likely N-dealkylation sites (tertiary alicyclic amines) is 1. The number of ether oxygens (including phenoxy) is 2. The third-order valence-corrected chi connectivity index (χ3v) is 7.22. The molecule has 3 aliphatic heterocycles. The van der Waals surface area contributed by atoms with Gasteiger partial charge in [-0.1, -0.05) is 0 Å². The Balaban J connectivity index is 1.24. The van der Waals surface area contributed by atoms with Crippen molar-refractivity contribution in [2.45, 2.75) is 30.4 Å². The number of anilines is 1. The number of nitrogens with zero attached hydrogens (tertiary/aromatic N) is 4. The van der Waals surface area contributed by atoms with Gasteiger partial charge in [0.05, 0.1) is 36.4 Å². The van der Waals surface area contributed by atoms with Gasteiger partial charge in [-0.25, -0.2) is 0 Å². The maximum absolute atomic E-state index is 12.8. The molecule has 0 radical (unpaired) electrons. The minimum Gasteiger partial charge on any atom is -0.497 e. The highest BCUT2D eigenvalue weighted by molar-refractivity contribution is 5.92. The molecule has 1 N–H and O–H groups in total. The molecule has 1 amide bonds. The van der Waals surface area contributed by atoms with Crippen molar-refractivity contribution in [3.8, 4) is 11.4 Å². The molecule has 8 nitrogen and oxygen atoms in total. The van der Waals surface area contributed by atoms with Crippen LogP contribution in [-0.2, 0) is 17.3 Å². The van der Waals surface area contributed by atoms with Crippen LogP contribution in [0.5, 0.6) is 5.75 Å². The molecular formula is C24H27N5O3. The standard InChI is InChI=1S/C24H27N5O3/c1-27-11-7-18(26-27)22(30)28-12-8-23(9-13-28)15-24(16-32-23)21-4-3-10-29(21)20-6-5-17(31-2)14-19(20)25-24/h3-7,10-11,14,25H,8-9,12-13,15-16H2,1-2H3. The first-order chi connectivity index (χ1) is 15.5. The molecule has 3 aromatic rings. The Morgan fingerprint density at radius 2 is 2.03 bits per heavy atom. The molecule has 8 heteroatoms. The number of aromatic nitrogens is 3. The fourth-order valence-corrected chi connectivity index (χ4v) is 5.56. The number of piperidine rings is 1. The van der Waals surface area contributed by atoms with Crippen molar-refractivity contribution in [2.24, 2.45) is 7.05 Å². The average Bonchev–Trinajstić information content (AvgIpc) is 3.54. The first-order valence-electron chi connectivity index (χ1n) is 11.1. The molecule has 6 rings (SSSR count). The van der Waals surface area contributed by atoms with Crippen molar-refractivity contribution in [2.75, 3.05) is 32.1 Å². The van der Waals surface area contributed by atoms with Gasteiger partial charge in [0.1, 0.15) is 17.0 Å². The van der Waals surface area contributed by atoms with Gasteiger partial charge < -0.3 is 24.3 Å². The lowest BCUT2D eigenvalue weighted by molar-refractivity contribution is -0.0393. The van der Waals surface area contributed by atoms with Gasteiger partial charge in [0.2, 0.25) is 0 Å². The number of aryl methyl sites for hydroxylation is 1. The van der Waals surface area contributed by atoms with Crippen molar-refractivity contribution < 1.29 is 14.3 Å². The molecule has 166 valence electrons. The number of amides is 1. The Bertz CT molecular complexity index is 1190. The summed E-state index contributed by atoms with van der Waals surface area (Å²) >= 11 is 0. The number of carbonyl (C=O) groups excluding carboxylic acids is 1. The van der Waals surface area contributed by atoms with E-state index < -0.39 is 0 Å². The second kappa shape index (κ2) is 6.87. The second-order valence-electron chi connectivity index (χ2n) is 9.17. The summed E-state index contributed by atoms with van der Waals surface area (Å²) in [7, 11) is 3.52. The number of nitrogens with one attached hydrogen (secondary N) is 1. The molecular weight excluding hydrogens is 406 g/mol. The van der Waals surface area contributed by atoms with Crippen molar-refractivity contribution in [1.29, 1.82) is 0 Å². The van der Waals surface area contributed by atoms with Crippen molar-refractivity contribution >= 4 is 11.6 Å². The molecule has 2 fully saturated rings. The molecule has 0 saturated carbocycles. The maximum atomic E-state index is 12.8. The van der Waals surface area contributed by atoms with E-state index in [9.17, 15) is 4.79 Å². The Morgan fingerprint density at radius 1 is 1.19 bits per heavy atom. The van der Waals surface area contributed by atoms with E-state index in [1.54, 1.807) is 24.1 Å². The van der Waals surface area contributed by atoms with Gasteiger partial charge in [0, 0.05) is 45.0 Å². The van der Waals surface area contributed by atoms with Crippen LogP contribution in [0.2, 0.25) is 0 Å². The molecule has 0 aliphatic carbocycles. The van der Waals surface area contributed by atoms with E-state index in [0.717, 1.165) is 36.4 Å². The average molecular weight is 434 g/mol. The summed E-state index contributed by atoms with van der Waals surface area (Å²) in [5.74, 6) is 0.829. The predicted molar refractivity (Wildman–Crippen MR) is 119 cm³/mol. The summed E-state index contributed by atoms with van der Waals surface area (Å²) in [4.78, 5) is 14.7. The number of methoxy groups -OCH3 is 1. The summed E-state index contributed by atoms with van der Waals surface area (Å²) in [6, 6.07) is 12.2. The third-order valence-electron chi connectivity index (χ3n) is 7.22. The topological polar surface area (TPSA) is 73.6 Å². The SMILES string of the molecule is COc1ccc2c(c1)NC1(COC3(CCN(C(=O)c4ccn(C)n4)CC3)C1)c1cccn1-2. The molecule has 1 unspecified atom stereocenters. The van der Waals surface area contributed by atoms with Crippen LogP contribution in [0.4, 0.5) is 5.69 Å². The lowest BCUT2D eigenvalue weighted by Crippen LogP contribution is -2.48. The van der Waals surface area contributed by atoms with Gasteiger partial charge in [-0.3, -0.25) is 9.48 Å². The highest BCUT2D eigenvalue weighted by atomic mass is 16.5. The maximum Gasteiger partial charge on any atom is 0.274 e. The van der Waals surface area contributed by atoms with E-state index in [2.05, 4.69) is 45.4 Å². The van der Waals surface area contributed by atoms with E-state index >= 15 is 0 Å². The van der Waals surface area contributed by atoms with Crippen LogP contribution >= 0.6 is 0 Å². The quantitative estimate of drug-likeness (QED) is 0.673. The number of hydrogen-bond donors (Lipinski definition) is 1. The van der Waals surface area contributed by atoms with Crippen LogP contribution in [0.25, 0.3) is 5.69 Å². The van der Waals surface area contributed by atoms with E-state index in [-0.39, 0.29) is 17.0 Å². The Labute approximate surface area is 186 Å². The third kappa shape index (κ3) is 2.86. The summed E-state index contributed by atoms with van der Waals surface area (Å²) in [5, 5.41) is 8.07. The first-order valence-corrected chi connectivity index (χ1v) is 11.1. The van der Waals surface area contributed by atoms with Gasteiger partial charge in [0.15, 0.2) is 0 Å². The molecule has 5 heterocycles. The number of fused-ring (bicyclic) bond motifs is 4. The van der Waals surface area contributed by atoms with Crippen LogP contribution < -0.4 is 10.1 Å². The number of hydrogen-bond acceptors (Lipinski definition) is 5. The molecule has 32 heavy (non-hydrogen) atoms. The van der Waals surface area contributed by atoms with E-state index in [4.69, 9.17) is 9.47 Å². The minimum absolute atomic E-state index is 0.00106. The number of rotatable bonds is 2. The van der Waals surface area contributed by atoms with Crippen LogP contribution in [0.15, 0.2) is 48.8 Å². The van der Waals surface area contributed by atoms with Gasteiger partial charge >= 0.3 is 0 Å². The van der Waals surface area contributed by atoms with E-state index in [1.165, 1.54) is 5.69 Å². The Hall–Kier alpha value is -3.26. The zero-order valence-electron chi connectivity index (χ0n) is 18.4. The fraction of sp³-hybridized carbons (Fsp3) is 0.417. The molecule has 1 atom stereocenters. The molecule has 2 saturated heterocycles. The zero-order valence-corrected chi connectivity index (χ0v) is 18.4. The van der Waals surface area contributed by atoms with Crippen LogP contribution in [0, 0.1) is 0 Å². The summed E-state index contributed by atoms with van der Waals surface area (Å²) in [6.07, 6.45) is 6.43. The van der Waals surface area contributed by atoms with Gasteiger partial charge in [-0.15, -0.1) is 0 Å².